The molecule has 1 unspecified atom stereocenters. The van der Waals surface area contributed by atoms with E-state index in [9.17, 15) is 4.79 Å². The zero-order valence-electron chi connectivity index (χ0n) is 17.6. The van der Waals surface area contributed by atoms with E-state index in [1.807, 2.05) is 19.1 Å². The maximum atomic E-state index is 13.4. The van der Waals surface area contributed by atoms with Crippen LogP contribution in [0.15, 0.2) is 40.9 Å². The third-order valence-electron chi connectivity index (χ3n) is 6.71. The summed E-state index contributed by atoms with van der Waals surface area (Å²) in [5.41, 5.74) is 5.28. The lowest BCUT2D eigenvalue weighted by molar-refractivity contribution is 0.0765. The van der Waals surface area contributed by atoms with Gasteiger partial charge in [0.15, 0.2) is 0 Å². The van der Waals surface area contributed by atoms with Crippen LogP contribution in [0, 0.1) is 20.8 Å². The zero-order valence-corrected chi connectivity index (χ0v) is 19.2. The van der Waals surface area contributed by atoms with Gasteiger partial charge in [-0.3, -0.25) is 4.79 Å². The van der Waals surface area contributed by atoms with Crippen LogP contribution in [-0.2, 0) is 0 Å². The van der Waals surface area contributed by atoms with Gasteiger partial charge in [-0.15, -0.1) is 0 Å². The molecule has 150 valence electrons. The summed E-state index contributed by atoms with van der Waals surface area (Å²) in [6.07, 6.45) is 4.59. The molecule has 3 rings (SSSR count). The largest absolute Gasteiger partial charge is 0.343 e. The van der Waals surface area contributed by atoms with Crippen molar-refractivity contribution in [3.63, 3.8) is 0 Å². The molecule has 0 aliphatic heterocycles. The van der Waals surface area contributed by atoms with Crippen molar-refractivity contribution in [3.05, 3.63) is 68.7 Å². The highest BCUT2D eigenvalue weighted by Crippen LogP contribution is 2.43. The normalized spacial score (nSPS) is 17.0. The Hall–Kier alpha value is -1.65. The Morgan fingerprint density at radius 2 is 1.64 bits per heavy atom. The molecular formula is C24H31BrN2O. The number of carbonyl (C=O) groups excluding carboxylic acids is 1. The van der Waals surface area contributed by atoms with Crippen LogP contribution in [0.25, 0.3) is 0 Å². The zero-order chi connectivity index (χ0) is 20.5. The fourth-order valence-corrected chi connectivity index (χ4v) is 5.13. The predicted octanol–water partition coefficient (Wildman–Crippen LogP) is 5.72. The molecule has 1 saturated carbocycles. The van der Waals surface area contributed by atoms with Crippen molar-refractivity contribution in [1.82, 2.24) is 10.2 Å². The van der Waals surface area contributed by atoms with Gasteiger partial charge in [-0.05, 0) is 76.0 Å². The molecule has 2 aromatic rings. The number of halogens is 1. The maximum Gasteiger partial charge on any atom is 0.252 e. The molecule has 1 N–H and O–H groups in total. The molecule has 0 bridgehead atoms. The van der Waals surface area contributed by atoms with Crippen LogP contribution in [0.1, 0.15) is 64.3 Å². The highest BCUT2D eigenvalue weighted by Gasteiger charge is 2.44. The van der Waals surface area contributed by atoms with E-state index in [0.717, 1.165) is 28.4 Å². The number of hydrogen-bond donors (Lipinski definition) is 1. The fraction of sp³-hybridized carbons (Fsp3) is 0.458. The summed E-state index contributed by atoms with van der Waals surface area (Å²) in [4.78, 5) is 15.8. The van der Waals surface area contributed by atoms with Gasteiger partial charge in [-0.25, -0.2) is 0 Å². The summed E-state index contributed by atoms with van der Waals surface area (Å²) in [7, 11) is 4.29. The van der Waals surface area contributed by atoms with E-state index < -0.39 is 0 Å². The summed E-state index contributed by atoms with van der Waals surface area (Å²) in [5, 5.41) is 3.43. The fourth-order valence-electron chi connectivity index (χ4n) is 4.61. The van der Waals surface area contributed by atoms with Crippen molar-refractivity contribution in [3.8, 4) is 0 Å². The van der Waals surface area contributed by atoms with Gasteiger partial charge in [0.05, 0.1) is 6.04 Å². The minimum absolute atomic E-state index is 0.00304. The number of nitrogens with zero attached hydrogens (tertiary/aromatic N) is 1. The van der Waals surface area contributed by atoms with E-state index in [-0.39, 0.29) is 17.5 Å². The smallest absolute Gasteiger partial charge is 0.252 e. The van der Waals surface area contributed by atoms with Gasteiger partial charge in [0.2, 0.25) is 0 Å². The van der Waals surface area contributed by atoms with Crippen LogP contribution >= 0.6 is 15.9 Å². The average Bonchev–Trinajstić information content (AvgIpc) is 3.19. The maximum absolute atomic E-state index is 13.4. The van der Waals surface area contributed by atoms with Crippen molar-refractivity contribution in [2.24, 2.45) is 0 Å². The Morgan fingerprint density at radius 3 is 2.21 bits per heavy atom. The number of hydrogen-bond acceptors (Lipinski definition) is 2. The first-order chi connectivity index (χ1) is 13.3. The molecular weight excluding hydrogens is 412 g/mol. The third-order valence-corrected chi connectivity index (χ3v) is 7.53. The van der Waals surface area contributed by atoms with Gasteiger partial charge in [0, 0.05) is 15.6 Å². The molecule has 0 heterocycles. The monoisotopic (exact) mass is 442 g/mol. The Morgan fingerprint density at radius 1 is 1.04 bits per heavy atom. The van der Waals surface area contributed by atoms with Gasteiger partial charge in [0.1, 0.15) is 0 Å². The van der Waals surface area contributed by atoms with Crippen LogP contribution in [-0.4, -0.2) is 30.4 Å². The van der Waals surface area contributed by atoms with Crippen molar-refractivity contribution < 1.29 is 4.79 Å². The second kappa shape index (κ2) is 8.38. The van der Waals surface area contributed by atoms with Crippen molar-refractivity contribution in [2.75, 3.05) is 14.1 Å². The SMILES string of the molecule is Cc1c(Br)cc(C(=O)NC(c2ccccc2)C2(N(C)C)CCCC2)c(C)c1C. The number of carbonyl (C=O) groups is 1. The highest BCUT2D eigenvalue weighted by molar-refractivity contribution is 9.10. The first-order valence-corrected chi connectivity index (χ1v) is 10.9. The lowest BCUT2D eigenvalue weighted by atomic mass is 9.82. The first kappa shape index (κ1) is 21.1. The second-order valence-electron chi connectivity index (χ2n) is 8.30. The number of nitrogens with one attached hydrogen (secondary N) is 1. The molecule has 3 nitrogen and oxygen atoms in total. The van der Waals surface area contributed by atoms with E-state index in [2.05, 4.69) is 78.4 Å². The van der Waals surface area contributed by atoms with Gasteiger partial charge in [0.25, 0.3) is 5.91 Å². The summed E-state index contributed by atoms with van der Waals surface area (Å²) in [6, 6.07) is 12.3. The van der Waals surface area contributed by atoms with Crippen LogP contribution in [0.4, 0.5) is 0 Å². The van der Waals surface area contributed by atoms with E-state index in [1.165, 1.54) is 29.5 Å². The van der Waals surface area contributed by atoms with Crippen molar-refractivity contribution >= 4 is 21.8 Å². The summed E-state index contributed by atoms with van der Waals surface area (Å²) >= 11 is 3.62. The van der Waals surface area contributed by atoms with E-state index >= 15 is 0 Å². The molecule has 0 saturated heterocycles. The van der Waals surface area contributed by atoms with Gasteiger partial charge in [-0.1, -0.05) is 59.1 Å². The number of benzene rings is 2. The molecule has 1 fully saturated rings. The standard InChI is InChI=1S/C24H31BrN2O/c1-16-17(2)20(15-21(25)18(16)3)23(28)26-22(19-11-7-6-8-12-19)24(27(4)5)13-9-10-14-24/h6-8,11-12,15,22H,9-10,13-14H2,1-5H3,(H,26,28). The Balaban J connectivity index is 2.03. The van der Waals surface area contributed by atoms with Crippen LogP contribution in [0.2, 0.25) is 0 Å². The first-order valence-electron chi connectivity index (χ1n) is 10.1. The lowest BCUT2D eigenvalue weighted by Crippen LogP contribution is -2.53. The van der Waals surface area contributed by atoms with Crippen molar-refractivity contribution in [2.45, 2.75) is 58.0 Å². The lowest BCUT2D eigenvalue weighted by Gasteiger charge is -2.44. The minimum Gasteiger partial charge on any atom is -0.343 e. The quantitative estimate of drug-likeness (QED) is 0.641. The topological polar surface area (TPSA) is 32.3 Å². The van der Waals surface area contributed by atoms with E-state index in [1.54, 1.807) is 0 Å². The predicted molar refractivity (Wildman–Crippen MR) is 120 cm³/mol. The van der Waals surface area contributed by atoms with Crippen LogP contribution in [0.3, 0.4) is 0 Å². The van der Waals surface area contributed by atoms with Crippen LogP contribution < -0.4 is 5.32 Å². The van der Waals surface area contributed by atoms with Crippen molar-refractivity contribution in [1.29, 1.82) is 0 Å². The molecule has 28 heavy (non-hydrogen) atoms. The minimum atomic E-state index is -0.0537. The molecule has 0 spiro atoms. The molecule has 0 radical (unpaired) electrons. The number of rotatable bonds is 5. The number of amides is 1. The van der Waals surface area contributed by atoms with Gasteiger partial charge < -0.3 is 10.2 Å². The highest BCUT2D eigenvalue weighted by atomic mass is 79.9. The summed E-state index contributed by atoms with van der Waals surface area (Å²) in [6.45, 7) is 6.21. The molecule has 1 aliphatic carbocycles. The molecule has 1 atom stereocenters. The Labute approximate surface area is 177 Å². The van der Waals surface area contributed by atoms with Gasteiger partial charge in [-0.2, -0.15) is 0 Å². The molecule has 4 heteroatoms. The molecule has 1 aliphatic rings. The Kier molecular flexibility index (Phi) is 6.31. The van der Waals surface area contributed by atoms with Crippen LogP contribution in [0.5, 0.6) is 0 Å². The third kappa shape index (κ3) is 3.77. The summed E-state index contributed by atoms with van der Waals surface area (Å²) < 4.78 is 0.986. The van der Waals surface area contributed by atoms with Gasteiger partial charge >= 0.3 is 0 Å². The van der Waals surface area contributed by atoms with E-state index in [0.29, 0.717) is 0 Å². The number of likely N-dealkylation sites (N-methyl/N-ethyl adjacent to an activating group) is 1. The molecule has 2 aromatic carbocycles. The molecule has 1 amide bonds. The Bertz CT molecular complexity index is 855. The van der Waals surface area contributed by atoms with E-state index in [4.69, 9.17) is 0 Å². The average molecular weight is 443 g/mol. The summed E-state index contributed by atoms with van der Waals surface area (Å²) in [5.74, 6) is 0.00304. The second-order valence-corrected chi connectivity index (χ2v) is 9.16. The molecule has 0 aromatic heterocycles.